The second kappa shape index (κ2) is 9.76. The molecule has 0 N–H and O–H groups in total. The summed E-state index contributed by atoms with van der Waals surface area (Å²) in [7, 11) is -9.18. The first-order chi connectivity index (χ1) is 10.6. The fraction of sp³-hybridized carbons (Fsp3) is 0.900. The summed E-state index contributed by atoms with van der Waals surface area (Å²) >= 11 is 0. The van der Waals surface area contributed by atoms with Gasteiger partial charge in [-0.2, -0.15) is 13.2 Å². The maximum atomic E-state index is 13.1. The molecule has 0 heterocycles. The maximum Gasteiger partial charge on any atom is 0.550 e. The fourth-order valence-electron chi connectivity index (χ4n) is 1.25. The molecule has 0 aromatic heterocycles. The first kappa shape index (κ1) is 22.6. The molecule has 0 saturated carbocycles. The van der Waals surface area contributed by atoms with E-state index in [1.165, 1.54) is 27.7 Å². The van der Waals surface area contributed by atoms with Gasteiger partial charge in [0.25, 0.3) is 5.45 Å². The summed E-state index contributed by atoms with van der Waals surface area (Å²) in [6, 6.07) is 0. The molecule has 0 spiro atoms. The van der Waals surface area contributed by atoms with Crippen molar-refractivity contribution >= 4 is 20.9 Å². The van der Waals surface area contributed by atoms with Crippen molar-refractivity contribution < 1.29 is 45.0 Å². The third-order valence-corrected chi connectivity index (χ3v) is 5.39. The van der Waals surface area contributed by atoms with Gasteiger partial charge < -0.3 is 9.05 Å². The lowest BCUT2D eigenvalue weighted by atomic mass is 10.7. The van der Waals surface area contributed by atoms with Gasteiger partial charge in [0.1, 0.15) is 0 Å². The first-order valence-corrected chi connectivity index (χ1v) is 9.71. The SMILES string of the molecule is CCOP(=O)(OCC)O/N=C(/C(F)(F)F)P(=O)(OCC)OCC. The molecular formula is C10H20F3NO7P2. The Bertz CT molecular complexity index is 464. The topological polar surface area (TPSA) is 92.7 Å². The normalized spacial score (nSPS) is 14.1. The molecule has 0 amide bonds. The quantitative estimate of drug-likeness (QED) is 0.297. The number of halogens is 3. The molecule has 0 saturated heterocycles. The van der Waals surface area contributed by atoms with E-state index in [2.05, 4.69) is 27.9 Å². The average molecular weight is 385 g/mol. The van der Waals surface area contributed by atoms with Crippen LogP contribution in [0.1, 0.15) is 27.7 Å². The minimum absolute atomic E-state index is 0.164. The maximum absolute atomic E-state index is 13.1. The number of hydrogen-bond donors (Lipinski definition) is 0. The molecule has 23 heavy (non-hydrogen) atoms. The summed E-state index contributed by atoms with van der Waals surface area (Å²) in [6.07, 6.45) is -5.21. The van der Waals surface area contributed by atoms with Crippen molar-refractivity contribution in [2.45, 2.75) is 33.9 Å². The average Bonchev–Trinajstić information content (AvgIpc) is 2.38. The van der Waals surface area contributed by atoms with Crippen molar-refractivity contribution in [2.75, 3.05) is 26.4 Å². The van der Waals surface area contributed by atoms with Crippen LogP contribution in [0.25, 0.3) is 0 Å². The smallest absolute Gasteiger partial charge is 0.304 e. The zero-order valence-corrected chi connectivity index (χ0v) is 15.0. The highest BCUT2D eigenvalue weighted by Gasteiger charge is 2.52. The van der Waals surface area contributed by atoms with Gasteiger partial charge in [-0.25, -0.2) is 4.57 Å². The minimum Gasteiger partial charge on any atom is -0.304 e. The van der Waals surface area contributed by atoms with E-state index in [4.69, 9.17) is 0 Å². The van der Waals surface area contributed by atoms with Crippen molar-refractivity contribution in [1.82, 2.24) is 0 Å². The van der Waals surface area contributed by atoms with Crippen LogP contribution in [-0.2, 0) is 31.8 Å². The molecule has 0 aliphatic heterocycles. The van der Waals surface area contributed by atoms with Gasteiger partial charge in [0.2, 0.25) is 0 Å². The van der Waals surface area contributed by atoms with Crippen LogP contribution in [0.5, 0.6) is 0 Å². The van der Waals surface area contributed by atoms with Crippen LogP contribution in [0, 0.1) is 0 Å². The molecule has 0 unspecified atom stereocenters. The third-order valence-electron chi connectivity index (χ3n) is 1.91. The standard InChI is InChI=1S/C10H20F3NO7P2/c1-5-17-22(15,18-6-2)9(10(11,12)13)14-21-23(16,19-7-3)20-8-4/h5-8H2,1-4H3/b14-9-. The molecule has 0 bridgehead atoms. The second-order valence-electron chi connectivity index (χ2n) is 3.61. The molecule has 13 heteroatoms. The predicted molar refractivity (Wildman–Crippen MR) is 76.3 cm³/mol. The Balaban J connectivity index is 5.71. The summed E-state index contributed by atoms with van der Waals surface area (Å²) in [5, 5.41) is 2.68. The number of rotatable bonds is 11. The molecule has 0 aromatic rings. The highest BCUT2D eigenvalue weighted by atomic mass is 31.2. The van der Waals surface area contributed by atoms with E-state index in [0.717, 1.165) is 0 Å². The number of phosphoric ester groups is 1. The summed E-state index contributed by atoms with van der Waals surface area (Å²) in [6.45, 7) is 4.51. The van der Waals surface area contributed by atoms with Crippen molar-refractivity contribution in [1.29, 1.82) is 0 Å². The minimum atomic E-state index is -5.21. The van der Waals surface area contributed by atoms with Gasteiger partial charge in [-0.3, -0.25) is 18.2 Å². The highest BCUT2D eigenvalue weighted by molar-refractivity contribution is 7.72. The van der Waals surface area contributed by atoms with E-state index in [1.54, 1.807) is 0 Å². The third kappa shape index (κ3) is 7.32. The van der Waals surface area contributed by atoms with Crippen LogP contribution < -0.4 is 0 Å². The first-order valence-electron chi connectivity index (χ1n) is 6.71. The summed E-state index contributed by atoms with van der Waals surface area (Å²) < 4.78 is 86.2. The van der Waals surface area contributed by atoms with E-state index in [1.807, 2.05) is 0 Å². The van der Waals surface area contributed by atoms with Crippen LogP contribution in [0.15, 0.2) is 5.16 Å². The van der Waals surface area contributed by atoms with Crippen LogP contribution in [0.4, 0.5) is 13.2 Å². The number of alkyl halides is 3. The van der Waals surface area contributed by atoms with Crippen LogP contribution in [0.3, 0.4) is 0 Å². The van der Waals surface area contributed by atoms with Crippen molar-refractivity contribution in [2.24, 2.45) is 5.16 Å². The molecule has 0 aliphatic carbocycles. The summed E-state index contributed by atoms with van der Waals surface area (Å²) in [5.41, 5.74) is -1.98. The molecule has 138 valence electrons. The molecule has 0 fully saturated rings. The van der Waals surface area contributed by atoms with Gasteiger partial charge in [0.05, 0.1) is 26.4 Å². The molecule has 0 radical (unpaired) electrons. The number of oxime groups is 1. The van der Waals surface area contributed by atoms with Crippen LogP contribution >= 0.6 is 15.4 Å². The van der Waals surface area contributed by atoms with Crippen LogP contribution in [0.2, 0.25) is 0 Å². The Kier molecular flexibility index (Phi) is 9.57. The zero-order valence-electron chi connectivity index (χ0n) is 13.2. The van der Waals surface area contributed by atoms with E-state index in [9.17, 15) is 22.3 Å². The van der Waals surface area contributed by atoms with Gasteiger partial charge in [-0.15, -0.1) is 0 Å². The molecule has 8 nitrogen and oxygen atoms in total. The highest BCUT2D eigenvalue weighted by Crippen LogP contribution is 2.56. The van der Waals surface area contributed by atoms with Crippen molar-refractivity contribution in [3.8, 4) is 0 Å². The van der Waals surface area contributed by atoms with Gasteiger partial charge in [-0.1, -0.05) is 5.16 Å². The second-order valence-corrected chi connectivity index (χ2v) is 7.12. The predicted octanol–water partition coefficient (Wildman–Crippen LogP) is 4.33. The number of nitrogens with zero attached hydrogens (tertiary/aromatic N) is 1. The van der Waals surface area contributed by atoms with E-state index < -0.39 is 27.0 Å². The monoisotopic (exact) mass is 385 g/mol. The lowest BCUT2D eigenvalue weighted by Crippen LogP contribution is -2.25. The van der Waals surface area contributed by atoms with E-state index in [0.29, 0.717) is 0 Å². The van der Waals surface area contributed by atoms with E-state index in [-0.39, 0.29) is 26.4 Å². The van der Waals surface area contributed by atoms with E-state index >= 15 is 0 Å². The van der Waals surface area contributed by atoms with Gasteiger partial charge in [-0.05, 0) is 27.7 Å². The molecule has 0 atom stereocenters. The van der Waals surface area contributed by atoms with Crippen LogP contribution in [-0.4, -0.2) is 38.1 Å². The zero-order chi connectivity index (χ0) is 18.1. The van der Waals surface area contributed by atoms with Crippen molar-refractivity contribution in [3.63, 3.8) is 0 Å². The van der Waals surface area contributed by atoms with Gasteiger partial charge in [0, 0.05) is 0 Å². The molecule has 0 aliphatic rings. The number of phosphoric acid groups is 1. The fourth-order valence-corrected chi connectivity index (χ4v) is 3.74. The Morgan fingerprint density at radius 2 is 1.26 bits per heavy atom. The number of hydrogen-bond acceptors (Lipinski definition) is 8. The van der Waals surface area contributed by atoms with Crippen molar-refractivity contribution in [3.05, 3.63) is 0 Å². The lowest BCUT2D eigenvalue weighted by Gasteiger charge is -2.20. The summed E-state index contributed by atoms with van der Waals surface area (Å²) in [4.78, 5) is 0. The van der Waals surface area contributed by atoms with Gasteiger partial charge in [0.15, 0.2) is 0 Å². The largest absolute Gasteiger partial charge is 0.550 e. The Morgan fingerprint density at radius 3 is 1.57 bits per heavy atom. The Hall–Kier alpha value is -0.440. The molecular weight excluding hydrogens is 365 g/mol. The molecule has 0 aromatic carbocycles. The Labute approximate surface area is 132 Å². The van der Waals surface area contributed by atoms with Gasteiger partial charge >= 0.3 is 21.6 Å². The Morgan fingerprint density at radius 1 is 0.870 bits per heavy atom. The lowest BCUT2D eigenvalue weighted by molar-refractivity contribution is -0.0593. The molecule has 0 rings (SSSR count). The summed E-state index contributed by atoms with van der Waals surface area (Å²) in [5.74, 6) is 0.